The van der Waals surface area contributed by atoms with Crippen molar-refractivity contribution in [1.29, 1.82) is 0 Å². The first-order valence-electron chi connectivity index (χ1n) is 14.3. The summed E-state index contributed by atoms with van der Waals surface area (Å²) in [5.41, 5.74) is 6.54. The smallest absolute Gasteiger partial charge is 0.130 e. The summed E-state index contributed by atoms with van der Waals surface area (Å²) in [5, 5.41) is -0.102. The average molecular weight is 539 g/mol. The molecule has 200 valence electrons. The lowest BCUT2D eigenvalue weighted by molar-refractivity contribution is 0.592. The lowest BCUT2D eigenvalue weighted by atomic mass is 9.92. The molecule has 40 heavy (non-hydrogen) atoms. The third-order valence-corrected chi connectivity index (χ3v) is 9.73. The second-order valence-corrected chi connectivity index (χ2v) is 11.9. The van der Waals surface area contributed by atoms with Gasteiger partial charge in [0.1, 0.15) is 7.85 Å². The maximum Gasteiger partial charge on any atom is 0.130 e. The van der Waals surface area contributed by atoms with Gasteiger partial charge in [0.2, 0.25) is 0 Å². The molecule has 4 aromatic carbocycles. The summed E-state index contributed by atoms with van der Waals surface area (Å²) < 4.78 is 2.32. The Morgan fingerprint density at radius 1 is 0.750 bits per heavy atom. The molecule has 0 unspecified atom stereocenters. The van der Waals surface area contributed by atoms with Crippen molar-refractivity contribution in [1.82, 2.24) is 9.55 Å². The number of hydrogen-bond donors (Lipinski definition) is 0. The van der Waals surface area contributed by atoms with E-state index < -0.39 is 9.52 Å². The second-order valence-electron chi connectivity index (χ2n) is 9.80. The summed E-state index contributed by atoms with van der Waals surface area (Å²) in [7, 11) is 1.54. The van der Waals surface area contributed by atoms with Gasteiger partial charge in [0, 0.05) is 12.4 Å². The molecular formula is C36H39BN2Si. The third kappa shape index (κ3) is 7.28. The van der Waals surface area contributed by atoms with Crippen LogP contribution >= 0.6 is 0 Å². The Morgan fingerprint density at radius 3 is 1.68 bits per heavy atom. The maximum atomic E-state index is 4.36. The summed E-state index contributed by atoms with van der Waals surface area (Å²) in [5.74, 6) is 2.16. The van der Waals surface area contributed by atoms with Crippen molar-refractivity contribution in [2.24, 2.45) is 0 Å². The molecule has 0 fully saturated rings. The van der Waals surface area contributed by atoms with Crippen LogP contribution < -0.4 is 0 Å². The van der Waals surface area contributed by atoms with E-state index >= 15 is 0 Å². The van der Waals surface area contributed by atoms with Crippen molar-refractivity contribution in [2.75, 3.05) is 0 Å². The minimum atomic E-state index is -0.539. The topological polar surface area (TPSA) is 17.8 Å². The highest BCUT2D eigenvalue weighted by atomic mass is 28.2. The number of benzene rings is 4. The van der Waals surface area contributed by atoms with Gasteiger partial charge in [-0.3, -0.25) is 0 Å². The van der Waals surface area contributed by atoms with Crippen LogP contribution in [0, 0.1) is 0 Å². The van der Waals surface area contributed by atoms with Gasteiger partial charge in [0.25, 0.3) is 0 Å². The Hall–Kier alpha value is -4.15. The molecule has 1 heterocycles. The van der Waals surface area contributed by atoms with Crippen molar-refractivity contribution in [3.63, 3.8) is 0 Å². The van der Waals surface area contributed by atoms with Crippen LogP contribution in [0.4, 0.5) is 0 Å². The molecular weight excluding hydrogens is 499 g/mol. The van der Waals surface area contributed by atoms with Crippen LogP contribution in [0.3, 0.4) is 0 Å². The van der Waals surface area contributed by atoms with Crippen molar-refractivity contribution in [2.45, 2.75) is 31.0 Å². The zero-order chi connectivity index (χ0) is 27.9. The van der Waals surface area contributed by atoms with E-state index in [-0.39, 0.29) is 5.16 Å². The summed E-state index contributed by atoms with van der Waals surface area (Å²) in [6, 6.07) is 43.9. The van der Waals surface area contributed by atoms with Crippen molar-refractivity contribution >= 4 is 22.9 Å². The van der Waals surface area contributed by atoms with Gasteiger partial charge < -0.3 is 4.57 Å². The number of nitrogens with zero attached hydrogens (tertiary/aromatic N) is 2. The number of allylic oxidation sites excluding steroid dienone is 2. The average Bonchev–Trinajstić information content (AvgIpc) is 3.57. The molecule has 0 radical (unpaired) electrons. The van der Waals surface area contributed by atoms with Crippen LogP contribution in [0.1, 0.15) is 42.0 Å². The largest absolute Gasteiger partial charge is 0.327 e. The zero-order valence-electron chi connectivity index (χ0n) is 23.7. The van der Waals surface area contributed by atoms with Gasteiger partial charge in [-0.25, -0.2) is 4.98 Å². The lowest BCUT2D eigenvalue weighted by Gasteiger charge is -2.36. The van der Waals surface area contributed by atoms with Crippen molar-refractivity contribution < 1.29 is 0 Å². The summed E-state index contributed by atoms with van der Waals surface area (Å²) in [6.07, 6.45) is 13.1. The standard InChI is InChI=1S/C22H26N2Si.C14H13B/c1-2-3-4-11-18-25-22(24-17-16-23-19-24,20-12-7-5-8-13-20)21-14-9-6-10-15-21;15-11-14(12-7-3-1-4-8-12)13-9-5-2-6-10-13/h4-17,19H,2-3,18,25H2,1H3;1-11H,15H2. The molecule has 4 heteroatoms. The van der Waals surface area contributed by atoms with E-state index in [0.29, 0.717) is 0 Å². The first-order valence-corrected chi connectivity index (χ1v) is 16.0. The molecule has 0 saturated carbocycles. The summed E-state index contributed by atoms with van der Waals surface area (Å²) in [6.45, 7) is 2.23. The molecule has 0 atom stereocenters. The lowest BCUT2D eigenvalue weighted by Crippen LogP contribution is -2.41. The summed E-state index contributed by atoms with van der Waals surface area (Å²) >= 11 is 0. The van der Waals surface area contributed by atoms with Crippen LogP contribution in [0.15, 0.2) is 158 Å². The molecule has 2 nitrogen and oxygen atoms in total. The fourth-order valence-electron chi connectivity index (χ4n) is 5.23. The number of aromatic nitrogens is 2. The minimum absolute atomic E-state index is 0.102. The molecule has 0 aliphatic heterocycles. The fourth-order valence-corrected chi connectivity index (χ4v) is 7.54. The van der Waals surface area contributed by atoms with Crippen molar-refractivity contribution in [3.8, 4) is 0 Å². The Bertz CT molecular complexity index is 1350. The Kier molecular flexibility index (Phi) is 11.1. The number of hydrogen-bond acceptors (Lipinski definition) is 1. The molecule has 1 aromatic heterocycles. The van der Waals surface area contributed by atoms with Crippen LogP contribution in [0.25, 0.3) is 5.57 Å². The SMILES string of the molecule is BC=C(c1ccccc1)c1ccccc1.CCCC=CC[SiH2]C(c1ccccc1)(c1ccccc1)n1ccnc1. The molecule has 5 aromatic rings. The van der Waals surface area contributed by atoms with E-state index in [1.54, 1.807) is 0 Å². The van der Waals surface area contributed by atoms with Gasteiger partial charge >= 0.3 is 0 Å². The molecule has 0 aliphatic rings. The Balaban J connectivity index is 0.000000210. The molecule has 0 spiro atoms. The fraction of sp³-hybridized carbons (Fsp3) is 0.139. The third-order valence-electron chi connectivity index (χ3n) is 7.20. The monoisotopic (exact) mass is 538 g/mol. The first kappa shape index (κ1) is 28.8. The van der Waals surface area contributed by atoms with Gasteiger partial charge in [-0.05, 0) is 40.3 Å². The summed E-state index contributed by atoms with van der Waals surface area (Å²) in [4.78, 5) is 4.36. The number of rotatable bonds is 10. The van der Waals surface area contributed by atoms with Crippen LogP contribution in [0.5, 0.6) is 0 Å². The van der Waals surface area contributed by atoms with E-state index in [9.17, 15) is 0 Å². The Morgan fingerprint density at radius 2 is 1.25 bits per heavy atom. The van der Waals surface area contributed by atoms with Gasteiger partial charge in [-0.1, -0.05) is 147 Å². The van der Waals surface area contributed by atoms with E-state index in [2.05, 4.69) is 158 Å². The van der Waals surface area contributed by atoms with Crippen LogP contribution in [0.2, 0.25) is 6.04 Å². The van der Waals surface area contributed by atoms with Gasteiger partial charge in [0.15, 0.2) is 0 Å². The van der Waals surface area contributed by atoms with Gasteiger partial charge in [0.05, 0.1) is 21.0 Å². The normalized spacial score (nSPS) is 11.3. The van der Waals surface area contributed by atoms with E-state index in [4.69, 9.17) is 0 Å². The minimum Gasteiger partial charge on any atom is -0.327 e. The Labute approximate surface area is 243 Å². The zero-order valence-corrected chi connectivity index (χ0v) is 25.1. The quantitative estimate of drug-likeness (QED) is 0.135. The second kappa shape index (κ2) is 15.4. The molecule has 0 N–H and O–H groups in total. The predicted octanol–water partition coefficient (Wildman–Crippen LogP) is 7.28. The molecule has 0 aliphatic carbocycles. The van der Waals surface area contributed by atoms with E-state index in [0.717, 1.165) is 0 Å². The predicted molar refractivity (Wildman–Crippen MR) is 177 cm³/mol. The molecule has 5 rings (SSSR count). The number of unbranched alkanes of at least 4 members (excludes halogenated alkanes) is 1. The van der Waals surface area contributed by atoms with E-state index in [1.165, 1.54) is 46.7 Å². The first-order chi connectivity index (χ1) is 19.8. The van der Waals surface area contributed by atoms with Crippen molar-refractivity contribution in [3.05, 3.63) is 180 Å². The highest BCUT2D eigenvalue weighted by Gasteiger charge is 2.35. The van der Waals surface area contributed by atoms with Gasteiger partial charge in [-0.2, -0.15) is 0 Å². The highest BCUT2D eigenvalue weighted by Crippen LogP contribution is 2.34. The molecule has 0 amide bonds. The maximum absolute atomic E-state index is 4.36. The van der Waals surface area contributed by atoms with E-state index in [1.807, 2.05) is 24.7 Å². The highest BCUT2D eigenvalue weighted by molar-refractivity contribution is 6.42. The molecule has 0 bridgehead atoms. The molecule has 0 saturated heterocycles. The van der Waals surface area contributed by atoms with Crippen LogP contribution in [-0.4, -0.2) is 26.9 Å². The number of imidazole rings is 1. The van der Waals surface area contributed by atoms with Crippen LogP contribution in [-0.2, 0) is 5.16 Å². The van der Waals surface area contributed by atoms with Gasteiger partial charge in [-0.15, -0.1) is 5.98 Å².